The summed E-state index contributed by atoms with van der Waals surface area (Å²) in [5.74, 6) is 0. The second-order valence-electron chi connectivity index (χ2n) is 3.40. The highest BCUT2D eigenvalue weighted by atomic mass is 32.2. The number of primary sulfonamides is 1. The van der Waals surface area contributed by atoms with Crippen molar-refractivity contribution in [2.75, 3.05) is 11.0 Å². The molecule has 0 spiro atoms. The van der Waals surface area contributed by atoms with E-state index in [4.69, 9.17) is 10.2 Å². The Morgan fingerprint density at radius 3 is 2.29 bits per heavy atom. The zero-order chi connectivity index (χ0) is 13.3. The van der Waals surface area contributed by atoms with Crippen LogP contribution in [0.4, 0.5) is 5.69 Å². The minimum Gasteiger partial charge on any atom is -0.392 e. The average Bonchev–Trinajstić information content (AvgIpc) is 2.13. The van der Waals surface area contributed by atoms with Gasteiger partial charge in [-0.2, -0.15) is 0 Å². The Hall–Kier alpha value is -1.16. The van der Waals surface area contributed by atoms with Gasteiger partial charge in [0.1, 0.15) is 0 Å². The monoisotopic (exact) mass is 280 g/mol. The third-order valence-electron chi connectivity index (χ3n) is 1.85. The third kappa shape index (κ3) is 3.97. The lowest BCUT2D eigenvalue weighted by Gasteiger charge is -2.09. The van der Waals surface area contributed by atoms with Gasteiger partial charge in [0.25, 0.3) is 0 Å². The first-order chi connectivity index (χ1) is 7.63. The van der Waals surface area contributed by atoms with Crippen LogP contribution in [0.15, 0.2) is 23.1 Å². The Kier molecular flexibility index (Phi) is 3.77. The Morgan fingerprint density at radius 2 is 1.88 bits per heavy atom. The molecule has 0 amide bonds. The van der Waals surface area contributed by atoms with E-state index in [2.05, 4.69) is 4.72 Å². The highest BCUT2D eigenvalue weighted by Gasteiger charge is 2.15. The fraction of sp³-hybridized carbons (Fsp3) is 0.250. The second kappa shape index (κ2) is 4.61. The van der Waals surface area contributed by atoms with Crippen molar-refractivity contribution in [3.05, 3.63) is 23.8 Å². The summed E-state index contributed by atoms with van der Waals surface area (Å²) in [6, 6.07) is 3.68. The Bertz CT molecular complexity index is 621. The molecular formula is C8H12N2O5S2. The van der Waals surface area contributed by atoms with Crippen molar-refractivity contribution in [3.63, 3.8) is 0 Å². The van der Waals surface area contributed by atoms with E-state index in [1.807, 2.05) is 0 Å². The molecule has 0 fully saturated rings. The summed E-state index contributed by atoms with van der Waals surface area (Å²) in [6.45, 7) is -0.509. The molecule has 1 aromatic carbocycles. The summed E-state index contributed by atoms with van der Waals surface area (Å²) in [4.78, 5) is -0.311. The van der Waals surface area contributed by atoms with Crippen molar-refractivity contribution in [1.82, 2.24) is 0 Å². The highest BCUT2D eigenvalue weighted by Crippen LogP contribution is 2.20. The van der Waals surface area contributed by atoms with Gasteiger partial charge in [0, 0.05) is 5.69 Å². The molecule has 96 valence electrons. The SMILES string of the molecule is CS(=O)(=O)Nc1ccc(CO)c(S(N)(=O)=O)c1. The summed E-state index contributed by atoms with van der Waals surface area (Å²) in [5, 5.41) is 13.9. The van der Waals surface area contributed by atoms with E-state index in [9.17, 15) is 16.8 Å². The summed E-state index contributed by atoms with van der Waals surface area (Å²) in [5.41, 5.74) is 0.167. The molecule has 1 rings (SSSR count). The van der Waals surface area contributed by atoms with Gasteiger partial charge in [-0.05, 0) is 17.7 Å². The van der Waals surface area contributed by atoms with Crippen molar-refractivity contribution in [2.24, 2.45) is 5.14 Å². The maximum absolute atomic E-state index is 11.2. The summed E-state index contributed by atoms with van der Waals surface area (Å²) in [7, 11) is -7.53. The van der Waals surface area contributed by atoms with Gasteiger partial charge in [0.05, 0.1) is 17.8 Å². The first-order valence-corrected chi connectivity index (χ1v) is 7.81. The number of aliphatic hydroxyl groups excluding tert-OH is 1. The van der Waals surface area contributed by atoms with E-state index in [1.54, 1.807) is 0 Å². The van der Waals surface area contributed by atoms with Crippen molar-refractivity contribution < 1.29 is 21.9 Å². The van der Waals surface area contributed by atoms with Gasteiger partial charge < -0.3 is 5.11 Å². The minimum absolute atomic E-state index is 0.0636. The molecule has 0 radical (unpaired) electrons. The summed E-state index contributed by atoms with van der Waals surface area (Å²) >= 11 is 0. The quantitative estimate of drug-likeness (QED) is 0.665. The van der Waals surface area contributed by atoms with E-state index in [0.29, 0.717) is 0 Å². The molecule has 17 heavy (non-hydrogen) atoms. The predicted molar refractivity (Wildman–Crippen MR) is 62.2 cm³/mol. The predicted octanol–water partition coefficient (Wildman–Crippen LogP) is -0.802. The molecule has 0 aliphatic rings. The Morgan fingerprint density at radius 1 is 1.29 bits per heavy atom. The molecule has 0 heterocycles. The zero-order valence-corrected chi connectivity index (χ0v) is 10.5. The lowest BCUT2D eigenvalue weighted by atomic mass is 10.2. The van der Waals surface area contributed by atoms with Crippen LogP contribution in [0, 0.1) is 0 Å². The van der Waals surface area contributed by atoms with E-state index in [1.165, 1.54) is 12.1 Å². The molecular weight excluding hydrogens is 268 g/mol. The van der Waals surface area contributed by atoms with E-state index < -0.39 is 26.7 Å². The second-order valence-corrected chi connectivity index (χ2v) is 6.68. The summed E-state index contributed by atoms with van der Waals surface area (Å²) in [6.07, 6.45) is 0.934. The molecule has 0 unspecified atom stereocenters. The molecule has 0 bridgehead atoms. The van der Waals surface area contributed by atoms with Crippen molar-refractivity contribution in [3.8, 4) is 0 Å². The topological polar surface area (TPSA) is 127 Å². The van der Waals surface area contributed by atoms with Crippen LogP contribution in [-0.2, 0) is 26.7 Å². The van der Waals surface area contributed by atoms with E-state index in [0.717, 1.165) is 12.3 Å². The number of sulfonamides is 2. The molecule has 0 saturated carbocycles. The van der Waals surface area contributed by atoms with Gasteiger partial charge in [-0.25, -0.2) is 22.0 Å². The number of benzene rings is 1. The number of nitrogens with one attached hydrogen (secondary N) is 1. The molecule has 0 aromatic heterocycles. The number of anilines is 1. The van der Waals surface area contributed by atoms with E-state index >= 15 is 0 Å². The van der Waals surface area contributed by atoms with Crippen LogP contribution >= 0.6 is 0 Å². The molecule has 9 heteroatoms. The molecule has 0 atom stereocenters. The van der Waals surface area contributed by atoms with Crippen LogP contribution < -0.4 is 9.86 Å². The van der Waals surface area contributed by atoms with Crippen LogP contribution in [0.5, 0.6) is 0 Å². The van der Waals surface area contributed by atoms with Gasteiger partial charge in [0.2, 0.25) is 20.0 Å². The van der Waals surface area contributed by atoms with Gasteiger partial charge in [-0.3, -0.25) is 4.72 Å². The normalized spacial score (nSPS) is 12.4. The third-order valence-corrected chi connectivity index (χ3v) is 3.45. The van der Waals surface area contributed by atoms with Crippen LogP contribution in [0.2, 0.25) is 0 Å². The smallest absolute Gasteiger partial charge is 0.238 e. The van der Waals surface area contributed by atoms with Gasteiger partial charge in [-0.1, -0.05) is 6.07 Å². The van der Waals surface area contributed by atoms with E-state index in [-0.39, 0.29) is 16.1 Å². The fourth-order valence-corrected chi connectivity index (χ4v) is 2.57. The maximum Gasteiger partial charge on any atom is 0.238 e. The Balaban J connectivity index is 3.33. The molecule has 4 N–H and O–H groups in total. The summed E-state index contributed by atoms with van der Waals surface area (Å²) < 4.78 is 46.5. The van der Waals surface area contributed by atoms with Gasteiger partial charge >= 0.3 is 0 Å². The lowest BCUT2D eigenvalue weighted by Crippen LogP contribution is -2.16. The number of hydrogen-bond acceptors (Lipinski definition) is 5. The maximum atomic E-state index is 11.2. The first kappa shape index (κ1) is 13.9. The van der Waals surface area contributed by atoms with Gasteiger partial charge in [-0.15, -0.1) is 0 Å². The number of hydrogen-bond donors (Lipinski definition) is 3. The zero-order valence-electron chi connectivity index (χ0n) is 8.91. The van der Waals surface area contributed by atoms with Crippen molar-refractivity contribution in [2.45, 2.75) is 11.5 Å². The number of nitrogens with two attached hydrogens (primary N) is 1. The molecule has 1 aromatic rings. The van der Waals surface area contributed by atoms with Crippen molar-refractivity contribution in [1.29, 1.82) is 0 Å². The lowest BCUT2D eigenvalue weighted by molar-refractivity contribution is 0.278. The van der Waals surface area contributed by atoms with Crippen LogP contribution in [0.3, 0.4) is 0 Å². The molecule has 0 aliphatic heterocycles. The minimum atomic E-state index is -4.02. The average molecular weight is 280 g/mol. The van der Waals surface area contributed by atoms with Crippen molar-refractivity contribution >= 4 is 25.7 Å². The Labute approximate surface area is 99.4 Å². The fourth-order valence-electron chi connectivity index (χ4n) is 1.23. The number of rotatable bonds is 4. The largest absolute Gasteiger partial charge is 0.392 e. The van der Waals surface area contributed by atoms with Crippen LogP contribution in [0.25, 0.3) is 0 Å². The molecule has 7 nitrogen and oxygen atoms in total. The number of aliphatic hydroxyl groups is 1. The van der Waals surface area contributed by atoms with Gasteiger partial charge in [0.15, 0.2) is 0 Å². The molecule has 0 saturated heterocycles. The molecule has 0 aliphatic carbocycles. The van der Waals surface area contributed by atoms with Crippen LogP contribution in [-0.4, -0.2) is 28.2 Å². The standard InChI is InChI=1S/C8H12N2O5S2/c1-16(12,13)10-7-3-2-6(5-11)8(4-7)17(9,14)15/h2-4,10-11H,5H2,1H3,(H2,9,14,15). The first-order valence-electron chi connectivity index (χ1n) is 4.38. The highest BCUT2D eigenvalue weighted by molar-refractivity contribution is 7.92. The van der Waals surface area contributed by atoms with Crippen LogP contribution in [0.1, 0.15) is 5.56 Å².